The fourth-order valence-electron chi connectivity index (χ4n) is 4.57. The topological polar surface area (TPSA) is 101 Å². The predicted octanol–water partition coefficient (Wildman–Crippen LogP) is 7.26. The maximum absolute atomic E-state index is 11.9. The molecule has 0 radical (unpaired) electrons. The molecule has 0 aliphatic carbocycles. The van der Waals surface area contributed by atoms with Gasteiger partial charge in [-0.25, -0.2) is 0 Å². The third-order valence-electron chi connectivity index (χ3n) is 6.56. The van der Waals surface area contributed by atoms with Crippen LogP contribution in [0.2, 0.25) is 0 Å². The number of anilines is 2. The van der Waals surface area contributed by atoms with Crippen molar-refractivity contribution in [2.45, 2.75) is 0 Å². The van der Waals surface area contributed by atoms with Crippen molar-refractivity contribution >= 4 is 82.4 Å². The molecular weight excluding hydrogens is 744 g/mol. The van der Waals surface area contributed by atoms with Crippen LogP contribution in [0, 0.1) is 0 Å². The van der Waals surface area contributed by atoms with Crippen LogP contribution in [0.1, 0.15) is 22.3 Å². The summed E-state index contributed by atoms with van der Waals surface area (Å²) in [5, 5.41) is 5.74. The largest absolute Gasteiger partial charge is 0.493 e. The molecule has 43 heavy (non-hydrogen) atoms. The van der Waals surface area contributed by atoms with Gasteiger partial charge in [-0.15, -0.1) is 0 Å². The first-order chi connectivity index (χ1) is 20.7. The Kier molecular flexibility index (Phi) is 9.74. The number of hydrogen-bond donors (Lipinski definition) is 2. The highest BCUT2D eigenvalue weighted by Crippen LogP contribution is 2.35. The molecular formula is C32H25Br3N4O4. The van der Waals surface area contributed by atoms with Crippen molar-refractivity contribution in [2.75, 3.05) is 37.9 Å². The lowest BCUT2D eigenvalue weighted by atomic mass is 10.00. The lowest BCUT2D eigenvalue weighted by Gasteiger charge is -2.15. The molecule has 218 valence electrons. The zero-order valence-corrected chi connectivity index (χ0v) is 27.8. The molecule has 2 N–H and O–H groups in total. The number of benzodiazepines with no additional fused rings is 2. The van der Waals surface area contributed by atoms with Crippen LogP contribution in [-0.2, 0) is 9.59 Å². The minimum atomic E-state index is -0.161. The number of nitrogens with one attached hydrogen (secondary N) is 2. The van der Waals surface area contributed by atoms with Crippen molar-refractivity contribution in [2.24, 2.45) is 9.98 Å². The number of hydrogen-bond acceptors (Lipinski definition) is 6. The SMILES string of the molecule is COc1cc2c(cc1OC)C(c1ccc(Br)cc1)=NCC(=O)N2.O=C1CN=C(c2ccc(Br)cc2)c2ccc(Br)cc2N1. The second kappa shape index (κ2) is 13.7. The van der Waals surface area contributed by atoms with E-state index in [1.54, 1.807) is 20.3 Å². The van der Waals surface area contributed by atoms with E-state index in [0.717, 1.165) is 52.8 Å². The van der Waals surface area contributed by atoms with Crippen LogP contribution in [0.3, 0.4) is 0 Å². The van der Waals surface area contributed by atoms with Gasteiger partial charge >= 0.3 is 0 Å². The van der Waals surface area contributed by atoms with E-state index in [-0.39, 0.29) is 24.9 Å². The summed E-state index contributed by atoms with van der Waals surface area (Å²) in [7, 11) is 3.14. The molecule has 0 atom stereocenters. The molecule has 4 aromatic carbocycles. The molecule has 11 heteroatoms. The van der Waals surface area contributed by atoms with Crippen LogP contribution in [-0.4, -0.2) is 50.5 Å². The number of methoxy groups -OCH3 is 2. The molecule has 0 fully saturated rings. The number of fused-ring (bicyclic) bond motifs is 2. The van der Waals surface area contributed by atoms with Crippen LogP contribution < -0.4 is 20.1 Å². The van der Waals surface area contributed by atoms with E-state index >= 15 is 0 Å². The fourth-order valence-corrected chi connectivity index (χ4v) is 5.46. The molecule has 4 aromatic rings. The molecule has 0 unspecified atom stereocenters. The summed E-state index contributed by atoms with van der Waals surface area (Å²) in [6, 6.07) is 25.1. The lowest BCUT2D eigenvalue weighted by molar-refractivity contribution is -0.115. The minimum Gasteiger partial charge on any atom is -0.493 e. The van der Waals surface area contributed by atoms with Crippen molar-refractivity contribution in [1.82, 2.24) is 0 Å². The Labute approximate surface area is 274 Å². The van der Waals surface area contributed by atoms with Crippen LogP contribution in [0.15, 0.2) is 102 Å². The molecule has 0 bridgehead atoms. The van der Waals surface area contributed by atoms with Gasteiger partial charge in [0.25, 0.3) is 0 Å². The molecule has 0 saturated heterocycles. The van der Waals surface area contributed by atoms with Gasteiger partial charge in [0.05, 0.1) is 37.0 Å². The standard InChI is InChI=1S/C17H15BrN2O3.C15H10Br2N2O/c1-22-14-7-12-13(8-15(14)23-2)20-16(21)9-19-17(12)10-3-5-11(18)6-4-10;16-10-3-1-9(2-4-10)15-12-6-5-11(17)7-13(12)19-14(20)8-18-15/h3-8H,9H2,1-2H3,(H,20,21);1-7H,8H2,(H,19,20). The minimum absolute atomic E-state index is 0.0741. The average Bonchev–Trinajstić information content (AvgIpc) is 3.27. The van der Waals surface area contributed by atoms with E-state index in [4.69, 9.17) is 9.47 Å². The number of amides is 2. The number of rotatable bonds is 4. The third-order valence-corrected chi connectivity index (χ3v) is 8.11. The molecule has 2 aliphatic heterocycles. The third kappa shape index (κ3) is 7.23. The number of aliphatic imine (C=N–C) groups is 2. The monoisotopic (exact) mass is 766 g/mol. The normalized spacial score (nSPS) is 13.8. The van der Waals surface area contributed by atoms with Gasteiger partial charge in [0, 0.05) is 41.7 Å². The number of benzene rings is 4. The van der Waals surface area contributed by atoms with Crippen LogP contribution in [0.25, 0.3) is 0 Å². The van der Waals surface area contributed by atoms with Crippen LogP contribution in [0.4, 0.5) is 11.4 Å². The van der Waals surface area contributed by atoms with E-state index in [1.807, 2.05) is 72.8 Å². The molecule has 2 heterocycles. The first kappa shape index (κ1) is 30.7. The number of carbonyl (C=O) groups excluding carboxylic acids is 2. The predicted molar refractivity (Wildman–Crippen MR) is 180 cm³/mol. The molecule has 2 amide bonds. The number of halogens is 3. The molecule has 6 rings (SSSR count). The molecule has 8 nitrogen and oxygen atoms in total. The molecule has 0 spiro atoms. The summed E-state index contributed by atoms with van der Waals surface area (Å²) in [5.74, 6) is 0.887. The average molecular weight is 769 g/mol. The highest BCUT2D eigenvalue weighted by Gasteiger charge is 2.21. The first-order valence-corrected chi connectivity index (χ1v) is 15.4. The van der Waals surface area contributed by atoms with Crippen molar-refractivity contribution in [3.63, 3.8) is 0 Å². The molecule has 2 aliphatic rings. The zero-order valence-electron chi connectivity index (χ0n) is 23.1. The second-order valence-electron chi connectivity index (χ2n) is 9.38. The Balaban J connectivity index is 0.000000173. The Morgan fingerprint density at radius 1 is 0.581 bits per heavy atom. The first-order valence-electron chi connectivity index (χ1n) is 13.0. The Bertz CT molecular complexity index is 1750. The van der Waals surface area contributed by atoms with Gasteiger partial charge in [-0.1, -0.05) is 72.1 Å². The fraction of sp³-hybridized carbons (Fsp3) is 0.125. The Morgan fingerprint density at radius 2 is 1.02 bits per heavy atom. The van der Waals surface area contributed by atoms with E-state index in [1.165, 1.54) is 0 Å². The lowest BCUT2D eigenvalue weighted by Crippen LogP contribution is -2.13. The second-order valence-corrected chi connectivity index (χ2v) is 12.1. The van der Waals surface area contributed by atoms with E-state index in [0.29, 0.717) is 17.2 Å². The Hall–Kier alpha value is -3.80. The number of nitrogens with zero attached hydrogens (tertiary/aromatic N) is 2. The van der Waals surface area contributed by atoms with Crippen LogP contribution in [0.5, 0.6) is 11.5 Å². The number of carbonyl (C=O) groups is 2. The van der Waals surface area contributed by atoms with Crippen molar-refractivity contribution in [1.29, 1.82) is 0 Å². The summed E-state index contributed by atoms with van der Waals surface area (Å²) in [4.78, 5) is 32.6. The summed E-state index contributed by atoms with van der Waals surface area (Å²) in [6.07, 6.45) is 0. The van der Waals surface area contributed by atoms with Gasteiger partial charge in [-0.2, -0.15) is 0 Å². The van der Waals surface area contributed by atoms with E-state index in [2.05, 4.69) is 68.4 Å². The van der Waals surface area contributed by atoms with Gasteiger partial charge < -0.3 is 20.1 Å². The quantitative estimate of drug-likeness (QED) is 0.228. The molecule has 0 aromatic heterocycles. The van der Waals surface area contributed by atoms with Gasteiger partial charge in [0.15, 0.2) is 11.5 Å². The smallest absolute Gasteiger partial charge is 0.246 e. The van der Waals surface area contributed by atoms with Crippen LogP contribution >= 0.6 is 47.8 Å². The maximum atomic E-state index is 11.9. The van der Waals surface area contributed by atoms with E-state index in [9.17, 15) is 9.59 Å². The van der Waals surface area contributed by atoms with Crippen molar-refractivity contribution < 1.29 is 19.1 Å². The molecule has 0 saturated carbocycles. The Morgan fingerprint density at radius 3 is 1.53 bits per heavy atom. The van der Waals surface area contributed by atoms with Crippen molar-refractivity contribution in [3.8, 4) is 11.5 Å². The summed E-state index contributed by atoms with van der Waals surface area (Å²) < 4.78 is 13.6. The summed E-state index contributed by atoms with van der Waals surface area (Å²) >= 11 is 10.3. The highest BCUT2D eigenvalue weighted by molar-refractivity contribution is 9.11. The maximum Gasteiger partial charge on any atom is 0.246 e. The summed E-state index contributed by atoms with van der Waals surface area (Å²) in [6.45, 7) is 0.211. The summed E-state index contributed by atoms with van der Waals surface area (Å²) in [5.41, 5.74) is 6.67. The van der Waals surface area contributed by atoms with Crippen molar-refractivity contribution in [3.05, 3.63) is 115 Å². The number of ether oxygens (including phenoxy) is 2. The van der Waals surface area contributed by atoms with Gasteiger partial charge in [0.2, 0.25) is 11.8 Å². The van der Waals surface area contributed by atoms with E-state index < -0.39 is 0 Å². The highest BCUT2D eigenvalue weighted by atomic mass is 79.9. The van der Waals surface area contributed by atoms with Gasteiger partial charge in [-0.05, 0) is 48.5 Å². The van der Waals surface area contributed by atoms with Gasteiger partial charge in [0.1, 0.15) is 13.1 Å². The van der Waals surface area contributed by atoms with Gasteiger partial charge in [-0.3, -0.25) is 19.6 Å². The zero-order chi connectivity index (χ0) is 30.5.